The number of imidazole rings is 1. The second-order valence-electron chi connectivity index (χ2n) is 16.0. The Morgan fingerprint density at radius 2 is 1.81 bits per heavy atom. The highest BCUT2D eigenvalue weighted by atomic mass is 32.2. The zero-order valence-corrected chi connectivity index (χ0v) is 36.3. The van der Waals surface area contributed by atoms with Crippen molar-refractivity contribution in [2.45, 2.75) is 62.3 Å². The van der Waals surface area contributed by atoms with Gasteiger partial charge in [-0.15, -0.1) is 11.8 Å². The first-order chi connectivity index (χ1) is 30.9. The number of carboxylic acid groups (broad SMARTS) is 1. The number of halogens is 3. The lowest BCUT2D eigenvalue weighted by Crippen LogP contribution is -2.52. The van der Waals surface area contributed by atoms with Crippen LogP contribution in [0.2, 0.25) is 0 Å². The van der Waals surface area contributed by atoms with Crippen molar-refractivity contribution in [3.63, 3.8) is 0 Å². The molecule has 17 nitrogen and oxygen atoms in total. The molecule has 0 radical (unpaired) electrons. The van der Waals surface area contributed by atoms with Gasteiger partial charge in [0.2, 0.25) is 11.8 Å². The Morgan fingerprint density at radius 1 is 1.06 bits per heavy atom. The van der Waals surface area contributed by atoms with E-state index in [9.17, 15) is 28.4 Å². The minimum Gasteiger partial charge on any atom is -0.480 e. The molecule has 3 aliphatic heterocycles. The molecule has 1 unspecified atom stereocenters. The van der Waals surface area contributed by atoms with Gasteiger partial charge in [0.05, 0.1) is 36.2 Å². The zero-order chi connectivity index (χ0) is 45.6. The van der Waals surface area contributed by atoms with Gasteiger partial charge in [-0.2, -0.15) is 0 Å². The number of hydrogen-bond donors (Lipinski definition) is 6. The molecule has 3 aromatic rings. The van der Waals surface area contributed by atoms with E-state index in [4.69, 9.17) is 24.3 Å². The van der Waals surface area contributed by atoms with Crippen LogP contribution in [0, 0.1) is 23.5 Å². The Hall–Kier alpha value is -5.38. The lowest BCUT2D eigenvalue weighted by atomic mass is 9.89. The van der Waals surface area contributed by atoms with Crippen molar-refractivity contribution in [2.75, 3.05) is 71.5 Å². The number of amides is 5. The fourth-order valence-electron chi connectivity index (χ4n) is 7.78. The smallest absolute Gasteiger partial charge is 0.407 e. The van der Waals surface area contributed by atoms with E-state index >= 15 is 8.78 Å². The average Bonchev–Trinajstić information content (AvgIpc) is 3.89. The van der Waals surface area contributed by atoms with Crippen LogP contribution in [0.5, 0.6) is 0 Å². The lowest BCUT2D eigenvalue weighted by molar-refractivity contribution is -0.141. The predicted octanol–water partition coefficient (Wildman–Crippen LogP) is 3.24. The standard InChI is InChI=1S/C43H55F3N8O9S/c1-26(24-63-43(60)49-12-16-62-15-11-48-37(55)18-36-40(56)52-35(25-64-36)41(57)58)50-42(59)54(22-29-19-47-20-33(29)46)38(28-9-13-61-14-10-28)39-51-34(31-17-30(44)7-8-32(31)45)23-53(39)21-27-5-3-2-4-6-27/h2-8,17,23,26,28-29,33,35-36,38,47H,9-16,18-22,24-25H2,1H3,(H,48,55)(H,49,60)(H,50,59)(H,52,56)(H,57,58)/t26-,29-,33-,35-,36?,38+/m0/s1. The summed E-state index contributed by atoms with van der Waals surface area (Å²) in [6, 6.07) is 9.68. The number of nitrogens with one attached hydrogen (secondary N) is 5. The third kappa shape index (κ3) is 13.6. The Kier molecular flexibility index (Phi) is 17.7. The monoisotopic (exact) mass is 916 g/mol. The molecule has 0 bridgehead atoms. The molecule has 6 N–H and O–H groups in total. The van der Waals surface area contributed by atoms with E-state index in [2.05, 4.69) is 26.6 Å². The summed E-state index contributed by atoms with van der Waals surface area (Å²) in [5.74, 6) is -3.50. The molecule has 3 fully saturated rings. The van der Waals surface area contributed by atoms with Crippen LogP contribution in [-0.2, 0) is 35.1 Å². The molecule has 6 rings (SSSR count). The molecule has 3 aliphatic rings. The molecule has 0 aliphatic carbocycles. The molecule has 348 valence electrons. The summed E-state index contributed by atoms with van der Waals surface area (Å²) < 4.78 is 63.5. The highest BCUT2D eigenvalue weighted by Crippen LogP contribution is 2.38. The number of urea groups is 1. The van der Waals surface area contributed by atoms with Crippen LogP contribution in [0.4, 0.5) is 22.8 Å². The van der Waals surface area contributed by atoms with E-state index in [1.165, 1.54) is 0 Å². The second kappa shape index (κ2) is 23.5. The van der Waals surface area contributed by atoms with Gasteiger partial charge < -0.3 is 55.4 Å². The normalized spacial score (nSPS) is 21.0. The van der Waals surface area contributed by atoms with Gasteiger partial charge in [0.15, 0.2) is 0 Å². The molecule has 0 spiro atoms. The van der Waals surface area contributed by atoms with Crippen molar-refractivity contribution >= 4 is 41.7 Å². The van der Waals surface area contributed by atoms with E-state index in [1.807, 2.05) is 34.9 Å². The first-order valence-corrected chi connectivity index (χ1v) is 22.4. The van der Waals surface area contributed by atoms with Crippen molar-refractivity contribution in [1.29, 1.82) is 0 Å². The van der Waals surface area contributed by atoms with Crippen molar-refractivity contribution in [2.24, 2.45) is 11.8 Å². The number of carbonyl (C=O) groups excluding carboxylic acids is 4. The number of nitrogens with zero attached hydrogens (tertiary/aromatic N) is 3. The van der Waals surface area contributed by atoms with Gasteiger partial charge in [-0.25, -0.2) is 32.5 Å². The Bertz CT molecular complexity index is 2060. The third-order valence-corrected chi connectivity index (χ3v) is 12.4. The van der Waals surface area contributed by atoms with E-state index in [-0.39, 0.29) is 75.3 Å². The molecule has 0 saturated carbocycles. The lowest BCUT2D eigenvalue weighted by Gasteiger charge is -2.40. The minimum atomic E-state index is -1.23. The van der Waals surface area contributed by atoms with E-state index < -0.39 is 77.0 Å². The molecule has 1 aromatic heterocycles. The maximum atomic E-state index is 15.4. The summed E-state index contributed by atoms with van der Waals surface area (Å²) in [5.41, 5.74) is 1.04. The largest absolute Gasteiger partial charge is 0.480 e. The molecule has 6 atom stereocenters. The fourth-order valence-corrected chi connectivity index (χ4v) is 8.92. The maximum Gasteiger partial charge on any atom is 0.407 e. The SMILES string of the molecule is C[C@@H](COC(=O)NCCOCCNC(=O)CC1SC[C@@H](C(=O)O)NC1=O)NC(=O)N(C[C@@H]1CNC[C@@H]1F)[C@@H](c1nc(-c2cc(F)ccc2F)cn1Cc1ccccc1)C1CCOCC1. The topological polar surface area (TPSA) is 214 Å². The molecule has 5 amide bonds. The summed E-state index contributed by atoms with van der Waals surface area (Å²) in [7, 11) is 0. The van der Waals surface area contributed by atoms with Crippen LogP contribution in [0.25, 0.3) is 11.3 Å². The third-order valence-electron chi connectivity index (χ3n) is 11.1. The highest BCUT2D eigenvalue weighted by molar-refractivity contribution is 8.00. The minimum absolute atomic E-state index is 0.00729. The molecule has 2 aromatic carbocycles. The number of carbonyl (C=O) groups is 5. The van der Waals surface area contributed by atoms with Gasteiger partial charge in [-0.1, -0.05) is 30.3 Å². The van der Waals surface area contributed by atoms with E-state index in [0.717, 1.165) is 35.5 Å². The second-order valence-corrected chi connectivity index (χ2v) is 17.2. The number of benzene rings is 2. The van der Waals surface area contributed by atoms with Crippen LogP contribution >= 0.6 is 11.8 Å². The predicted molar refractivity (Wildman–Crippen MR) is 229 cm³/mol. The molecule has 3 saturated heterocycles. The summed E-state index contributed by atoms with van der Waals surface area (Å²) in [4.78, 5) is 69.1. The number of ether oxygens (including phenoxy) is 3. The molecule has 4 heterocycles. The van der Waals surface area contributed by atoms with Gasteiger partial charge in [-0.3, -0.25) is 9.59 Å². The first kappa shape index (κ1) is 48.1. The number of alkyl halides is 1. The van der Waals surface area contributed by atoms with Crippen LogP contribution in [0.15, 0.2) is 54.7 Å². The van der Waals surface area contributed by atoms with Gasteiger partial charge in [0.25, 0.3) is 0 Å². The Balaban J connectivity index is 1.06. The van der Waals surface area contributed by atoms with Crippen LogP contribution < -0.4 is 26.6 Å². The summed E-state index contributed by atoms with van der Waals surface area (Å²) in [6.07, 6.45) is 0.644. The number of alkyl carbamates (subject to hydrolysis) is 1. The quantitative estimate of drug-likeness (QED) is 0.0903. The summed E-state index contributed by atoms with van der Waals surface area (Å²) >= 11 is 1.11. The number of carboxylic acids is 1. The van der Waals surface area contributed by atoms with Crippen LogP contribution in [0.1, 0.15) is 43.6 Å². The van der Waals surface area contributed by atoms with E-state index in [0.29, 0.717) is 45.0 Å². The first-order valence-electron chi connectivity index (χ1n) is 21.3. The molecular weight excluding hydrogens is 862 g/mol. The van der Waals surface area contributed by atoms with Crippen molar-refractivity contribution in [1.82, 2.24) is 41.0 Å². The van der Waals surface area contributed by atoms with Gasteiger partial charge >= 0.3 is 18.1 Å². The van der Waals surface area contributed by atoms with Crippen LogP contribution in [-0.4, -0.2) is 144 Å². The van der Waals surface area contributed by atoms with Gasteiger partial charge in [0.1, 0.15) is 36.3 Å². The summed E-state index contributed by atoms with van der Waals surface area (Å²) in [5, 5.41) is 21.9. The number of aliphatic carboxylic acids is 1. The zero-order valence-electron chi connectivity index (χ0n) is 35.4. The highest BCUT2D eigenvalue weighted by Gasteiger charge is 2.41. The van der Waals surface area contributed by atoms with Crippen molar-refractivity contribution < 1.29 is 56.5 Å². The number of hydrogen-bond acceptors (Lipinski definition) is 11. The molecule has 64 heavy (non-hydrogen) atoms. The molecular formula is C43H55F3N8O9S. The maximum absolute atomic E-state index is 15.4. The van der Waals surface area contributed by atoms with Gasteiger partial charge in [0, 0.05) is 82.3 Å². The van der Waals surface area contributed by atoms with Crippen LogP contribution in [0.3, 0.4) is 0 Å². The summed E-state index contributed by atoms with van der Waals surface area (Å²) in [6.45, 7) is 3.49. The number of rotatable bonds is 20. The number of aromatic nitrogens is 2. The number of thioether (sulfide) groups is 1. The fraction of sp³-hybridized carbons (Fsp3) is 0.535. The van der Waals surface area contributed by atoms with Crippen molar-refractivity contribution in [3.8, 4) is 11.3 Å². The average molecular weight is 917 g/mol. The molecule has 21 heteroatoms. The Labute approximate surface area is 372 Å². The van der Waals surface area contributed by atoms with Gasteiger partial charge in [-0.05, 0) is 49.4 Å². The van der Waals surface area contributed by atoms with Crippen molar-refractivity contribution in [3.05, 3.63) is 77.8 Å². The van der Waals surface area contributed by atoms with E-state index in [1.54, 1.807) is 18.0 Å². The Morgan fingerprint density at radius 3 is 2.52 bits per heavy atom.